The van der Waals surface area contributed by atoms with Gasteiger partial charge in [-0.2, -0.15) is 0 Å². The summed E-state index contributed by atoms with van der Waals surface area (Å²) >= 11 is 0. The molecule has 3 aromatic rings. The first-order valence-corrected chi connectivity index (χ1v) is 7.79. The maximum Gasteiger partial charge on any atom is 0.347 e. The van der Waals surface area contributed by atoms with Gasteiger partial charge in [-0.15, -0.1) is 0 Å². The molecule has 2 aromatic carbocycles. The molecule has 0 aliphatic rings. The second-order valence-corrected chi connectivity index (χ2v) is 5.44. The number of rotatable bonds is 4. The van der Waals surface area contributed by atoms with E-state index in [1.54, 1.807) is 49.4 Å². The van der Waals surface area contributed by atoms with Gasteiger partial charge in [0, 0.05) is 10.9 Å². The number of pyridine rings is 1. The molecule has 0 aliphatic heterocycles. The van der Waals surface area contributed by atoms with Crippen LogP contribution >= 0.6 is 0 Å². The largest absolute Gasteiger partial charge is 0.506 e. The summed E-state index contributed by atoms with van der Waals surface area (Å²) in [5, 5.41) is 10.7. The van der Waals surface area contributed by atoms with E-state index in [1.165, 1.54) is 10.6 Å². The number of carbonyl (C=O) groups excluding carboxylic acids is 1. The Kier molecular flexibility index (Phi) is 4.52. The Hall–Kier alpha value is -3.15. The van der Waals surface area contributed by atoms with Crippen LogP contribution in [0.5, 0.6) is 5.75 Å². The lowest BCUT2D eigenvalue weighted by atomic mass is 10.1. The molecule has 0 bridgehead atoms. The molecule has 0 atom stereocenters. The molecule has 0 unspecified atom stereocenters. The number of ether oxygens (including phenoxy) is 1. The van der Waals surface area contributed by atoms with Crippen LogP contribution in [0.3, 0.4) is 0 Å². The second kappa shape index (κ2) is 6.76. The van der Waals surface area contributed by atoms with Crippen molar-refractivity contribution in [3.8, 4) is 5.75 Å². The summed E-state index contributed by atoms with van der Waals surface area (Å²) in [6.07, 6.45) is 0. The van der Waals surface area contributed by atoms with Crippen molar-refractivity contribution in [2.45, 2.75) is 13.5 Å². The number of aromatic nitrogens is 1. The number of hydrogen-bond donors (Lipinski definition) is 1. The van der Waals surface area contributed by atoms with Crippen molar-refractivity contribution in [2.75, 3.05) is 6.61 Å². The van der Waals surface area contributed by atoms with Crippen LogP contribution in [0.2, 0.25) is 0 Å². The van der Waals surface area contributed by atoms with Gasteiger partial charge in [-0.1, -0.05) is 30.3 Å². The Morgan fingerprint density at radius 2 is 1.84 bits per heavy atom. The first-order chi connectivity index (χ1) is 12.0. The van der Waals surface area contributed by atoms with E-state index in [1.807, 2.05) is 0 Å². The summed E-state index contributed by atoms with van der Waals surface area (Å²) < 4.78 is 20.2. The maximum atomic E-state index is 14.0. The number of hydrogen-bond acceptors (Lipinski definition) is 4. The fourth-order valence-corrected chi connectivity index (χ4v) is 2.73. The topological polar surface area (TPSA) is 68.5 Å². The number of aromatic hydroxyl groups is 1. The van der Waals surface area contributed by atoms with Gasteiger partial charge in [-0.3, -0.25) is 4.79 Å². The Labute approximate surface area is 142 Å². The maximum absolute atomic E-state index is 14.0. The molecule has 128 valence electrons. The Bertz CT molecular complexity index is 1010. The lowest BCUT2D eigenvalue weighted by Gasteiger charge is -2.15. The van der Waals surface area contributed by atoms with Crippen LogP contribution in [0.15, 0.2) is 53.3 Å². The van der Waals surface area contributed by atoms with Gasteiger partial charge >= 0.3 is 5.97 Å². The van der Waals surface area contributed by atoms with E-state index in [0.29, 0.717) is 16.5 Å². The molecule has 1 aromatic heterocycles. The van der Waals surface area contributed by atoms with Crippen molar-refractivity contribution in [2.24, 2.45) is 0 Å². The van der Waals surface area contributed by atoms with Crippen LogP contribution in [-0.2, 0) is 11.3 Å². The molecule has 0 spiro atoms. The van der Waals surface area contributed by atoms with Gasteiger partial charge in [0.05, 0.1) is 18.7 Å². The molecule has 0 amide bonds. The van der Waals surface area contributed by atoms with Crippen LogP contribution < -0.4 is 5.56 Å². The van der Waals surface area contributed by atoms with Crippen LogP contribution in [-0.4, -0.2) is 22.2 Å². The van der Waals surface area contributed by atoms with E-state index in [-0.39, 0.29) is 13.2 Å². The predicted molar refractivity (Wildman–Crippen MR) is 91.3 cm³/mol. The quantitative estimate of drug-likeness (QED) is 0.741. The third kappa shape index (κ3) is 2.98. The van der Waals surface area contributed by atoms with Gasteiger partial charge in [0.1, 0.15) is 11.6 Å². The summed E-state index contributed by atoms with van der Waals surface area (Å²) in [4.78, 5) is 24.9. The molecule has 1 heterocycles. The number of benzene rings is 2. The van der Waals surface area contributed by atoms with E-state index in [4.69, 9.17) is 4.74 Å². The summed E-state index contributed by atoms with van der Waals surface area (Å²) in [6.45, 7) is 1.60. The molecule has 0 saturated carbocycles. The van der Waals surface area contributed by atoms with Gasteiger partial charge in [0.25, 0.3) is 5.56 Å². The lowest BCUT2D eigenvalue weighted by molar-refractivity contribution is 0.0520. The molecule has 0 radical (unpaired) electrons. The number of esters is 1. The number of fused-ring (bicyclic) bond motifs is 1. The number of carbonyl (C=O) groups is 1. The van der Waals surface area contributed by atoms with Crippen molar-refractivity contribution in [1.29, 1.82) is 0 Å². The van der Waals surface area contributed by atoms with Crippen LogP contribution in [0.4, 0.5) is 4.39 Å². The van der Waals surface area contributed by atoms with Gasteiger partial charge in [-0.25, -0.2) is 9.18 Å². The molecular formula is C19H16FNO4. The van der Waals surface area contributed by atoms with Gasteiger partial charge in [0.2, 0.25) is 0 Å². The van der Waals surface area contributed by atoms with E-state index in [9.17, 15) is 19.1 Å². The highest BCUT2D eigenvalue weighted by atomic mass is 19.1. The number of nitrogens with zero attached hydrogens (tertiary/aromatic N) is 1. The summed E-state index contributed by atoms with van der Waals surface area (Å²) in [5.41, 5.74) is -0.466. The van der Waals surface area contributed by atoms with Crippen LogP contribution in [0.25, 0.3) is 10.9 Å². The normalized spacial score (nSPS) is 10.8. The minimum Gasteiger partial charge on any atom is -0.506 e. The standard InChI is InChI=1S/C19H16FNO4/c1-2-25-19(24)16-17(22)13-8-4-6-10-15(13)21(18(16)23)11-12-7-3-5-9-14(12)20/h3-10,22H,2,11H2,1H3. The minimum atomic E-state index is -0.905. The highest BCUT2D eigenvalue weighted by Gasteiger charge is 2.23. The molecule has 25 heavy (non-hydrogen) atoms. The van der Waals surface area contributed by atoms with Crippen molar-refractivity contribution >= 4 is 16.9 Å². The zero-order valence-corrected chi connectivity index (χ0v) is 13.5. The summed E-state index contributed by atoms with van der Waals surface area (Å²) in [7, 11) is 0. The highest BCUT2D eigenvalue weighted by Crippen LogP contribution is 2.27. The molecule has 1 N–H and O–H groups in total. The first kappa shape index (κ1) is 16.7. The molecular weight excluding hydrogens is 325 g/mol. The molecule has 0 fully saturated rings. The molecule has 0 aliphatic carbocycles. The zero-order valence-electron chi connectivity index (χ0n) is 13.5. The summed E-state index contributed by atoms with van der Waals surface area (Å²) in [5.74, 6) is -1.79. The fraction of sp³-hybridized carbons (Fsp3) is 0.158. The van der Waals surface area contributed by atoms with E-state index < -0.39 is 28.7 Å². The molecule has 6 heteroatoms. The monoisotopic (exact) mass is 341 g/mol. The zero-order chi connectivity index (χ0) is 18.0. The first-order valence-electron chi connectivity index (χ1n) is 7.79. The van der Waals surface area contributed by atoms with E-state index in [2.05, 4.69) is 0 Å². The highest BCUT2D eigenvalue weighted by molar-refractivity contribution is 5.99. The number of para-hydroxylation sites is 1. The van der Waals surface area contributed by atoms with Gasteiger partial charge in [-0.05, 0) is 25.1 Å². The van der Waals surface area contributed by atoms with Crippen molar-refractivity contribution in [1.82, 2.24) is 4.57 Å². The predicted octanol–water partition coefficient (Wildman–Crippen LogP) is 3.07. The van der Waals surface area contributed by atoms with E-state index >= 15 is 0 Å². The van der Waals surface area contributed by atoms with Crippen molar-refractivity contribution in [3.05, 3.63) is 75.8 Å². The average Bonchev–Trinajstić information content (AvgIpc) is 2.60. The minimum absolute atomic E-state index is 0.0673. The molecule has 5 nitrogen and oxygen atoms in total. The summed E-state index contributed by atoms with van der Waals surface area (Å²) in [6, 6.07) is 12.7. The lowest BCUT2D eigenvalue weighted by Crippen LogP contribution is -2.28. The molecule has 3 rings (SSSR count). The van der Waals surface area contributed by atoms with Crippen molar-refractivity contribution in [3.63, 3.8) is 0 Å². The van der Waals surface area contributed by atoms with E-state index in [0.717, 1.165) is 0 Å². The smallest absolute Gasteiger partial charge is 0.347 e. The Morgan fingerprint density at radius 3 is 2.56 bits per heavy atom. The van der Waals surface area contributed by atoms with Crippen molar-refractivity contribution < 1.29 is 19.0 Å². The number of halogens is 1. The SMILES string of the molecule is CCOC(=O)c1c(O)c2ccccc2n(Cc2ccccc2F)c1=O. The van der Waals surface area contributed by atoms with Gasteiger partial charge in [0.15, 0.2) is 5.56 Å². The fourth-order valence-electron chi connectivity index (χ4n) is 2.73. The second-order valence-electron chi connectivity index (χ2n) is 5.44. The Morgan fingerprint density at radius 1 is 1.16 bits per heavy atom. The van der Waals surface area contributed by atoms with Gasteiger partial charge < -0.3 is 14.4 Å². The van der Waals surface area contributed by atoms with Crippen LogP contribution in [0.1, 0.15) is 22.8 Å². The molecule has 0 saturated heterocycles. The Balaban J connectivity index is 2.28. The third-order valence-corrected chi connectivity index (χ3v) is 3.91. The third-order valence-electron chi connectivity index (χ3n) is 3.91. The van der Waals surface area contributed by atoms with Crippen LogP contribution in [0, 0.1) is 5.82 Å². The average molecular weight is 341 g/mol.